The number of amidine groups is 1. The van der Waals surface area contributed by atoms with Crippen molar-refractivity contribution in [1.29, 1.82) is 0 Å². The van der Waals surface area contributed by atoms with Crippen molar-refractivity contribution in [3.63, 3.8) is 0 Å². The first kappa shape index (κ1) is 35.7. The number of hydrogen-bond acceptors (Lipinski definition) is 7. The van der Waals surface area contributed by atoms with Gasteiger partial charge in [0.2, 0.25) is 5.06 Å². The van der Waals surface area contributed by atoms with Gasteiger partial charge in [-0.1, -0.05) is 110 Å². The normalized spacial score (nSPS) is 14.1. The van der Waals surface area contributed by atoms with E-state index in [2.05, 4.69) is 63.8 Å². The molecule has 0 unspecified atom stereocenters. The molecule has 1 aromatic heterocycles. The Kier molecular flexibility index (Phi) is 14.8. The maximum Gasteiger partial charge on any atom is 0.217 e. The van der Waals surface area contributed by atoms with E-state index in [-0.39, 0.29) is 5.41 Å². The number of benzene rings is 1. The molecular formula is C37H57N3O3S. The molecule has 0 amide bonds. The number of anilines is 1. The van der Waals surface area contributed by atoms with Crippen LogP contribution in [-0.4, -0.2) is 46.0 Å². The highest BCUT2D eigenvalue weighted by Gasteiger charge is 2.29. The summed E-state index contributed by atoms with van der Waals surface area (Å²) in [5.74, 6) is 2.35. The Balaban J connectivity index is 1.95. The number of ether oxygens (including phenoxy) is 3. The summed E-state index contributed by atoms with van der Waals surface area (Å²) in [5.41, 5.74) is 3.69. The van der Waals surface area contributed by atoms with Gasteiger partial charge in [-0.3, -0.25) is 0 Å². The first-order chi connectivity index (χ1) is 21.2. The summed E-state index contributed by atoms with van der Waals surface area (Å²) in [4.78, 5) is 13.8. The minimum Gasteiger partial charge on any atom is -0.496 e. The number of hydrogen-bond donors (Lipinski definition) is 0. The second-order valence-electron chi connectivity index (χ2n) is 12.8. The van der Waals surface area contributed by atoms with Crippen LogP contribution in [0.2, 0.25) is 0 Å². The lowest BCUT2D eigenvalue weighted by Gasteiger charge is -2.26. The van der Waals surface area contributed by atoms with Crippen LogP contribution in [0.15, 0.2) is 39.9 Å². The van der Waals surface area contributed by atoms with Crippen LogP contribution in [0.5, 0.6) is 16.6 Å². The smallest absolute Gasteiger partial charge is 0.217 e. The summed E-state index contributed by atoms with van der Waals surface area (Å²) in [7, 11) is 5.07. The number of rotatable bonds is 20. The summed E-state index contributed by atoms with van der Waals surface area (Å²) in [6.45, 7) is 13.2. The number of nitrogens with zero attached hydrogens (tertiary/aromatic N) is 3. The van der Waals surface area contributed by atoms with Crippen LogP contribution in [0.4, 0.5) is 5.69 Å². The quantitative estimate of drug-likeness (QED) is 0.138. The molecule has 1 aliphatic heterocycles. The molecule has 0 N–H and O–H groups in total. The molecule has 0 aliphatic carbocycles. The molecule has 0 saturated heterocycles. The fourth-order valence-electron chi connectivity index (χ4n) is 5.47. The Bertz CT molecular complexity index is 1220. The predicted octanol–water partition coefficient (Wildman–Crippen LogP) is 10.6. The highest BCUT2D eigenvalue weighted by atomic mass is 32.1. The van der Waals surface area contributed by atoms with E-state index in [1.807, 2.05) is 6.07 Å². The second-order valence-corrected chi connectivity index (χ2v) is 13.8. The summed E-state index contributed by atoms with van der Waals surface area (Å²) in [5, 5.41) is 0.746. The number of aliphatic imine (C=N–C) groups is 2. The van der Waals surface area contributed by atoms with Crippen molar-refractivity contribution in [2.45, 2.75) is 112 Å². The van der Waals surface area contributed by atoms with Crippen molar-refractivity contribution in [2.24, 2.45) is 15.4 Å². The van der Waals surface area contributed by atoms with E-state index >= 15 is 0 Å². The van der Waals surface area contributed by atoms with Crippen molar-refractivity contribution >= 4 is 34.6 Å². The Morgan fingerprint density at radius 1 is 0.727 bits per heavy atom. The third kappa shape index (κ3) is 10.4. The van der Waals surface area contributed by atoms with Crippen molar-refractivity contribution < 1.29 is 14.2 Å². The van der Waals surface area contributed by atoms with Gasteiger partial charge >= 0.3 is 0 Å². The molecule has 244 valence electrons. The van der Waals surface area contributed by atoms with Gasteiger partial charge in [-0.25, -0.2) is 9.98 Å². The fraction of sp³-hybridized carbons (Fsp3) is 0.622. The molecule has 6 nitrogen and oxygen atoms in total. The van der Waals surface area contributed by atoms with Gasteiger partial charge in [0.25, 0.3) is 0 Å². The Labute approximate surface area is 271 Å². The second kappa shape index (κ2) is 18.2. The van der Waals surface area contributed by atoms with Crippen LogP contribution >= 0.6 is 11.3 Å². The van der Waals surface area contributed by atoms with Gasteiger partial charge in [0, 0.05) is 40.7 Å². The van der Waals surface area contributed by atoms with Crippen LogP contribution in [0.25, 0.3) is 6.08 Å². The lowest BCUT2D eigenvalue weighted by Crippen LogP contribution is -2.26. The molecule has 2 heterocycles. The number of unbranched alkanes of at least 4 members (excludes halogenated alkanes) is 10. The van der Waals surface area contributed by atoms with E-state index in [1.54, 1.807) is 21.3 Å². The van der Waals surface area contributed by atoms with Gasteiger partial charge in [-0.2, -0.15) is 0 Å². The van der Waals surface area contributed by atoms with Crippen LogP contribution in [0.1, 0.15) is 122 Å². The van der Waals surface area contributed by atoms with Gasteiger partial charge in [0.15, 0.2) is 5.75 Å². The maximum absolute atomic E-state index is 5.93. The number of thiophene rings is 1. The molecule has 3 rings (SSSR count). The van der Waals surface area contributed by atoms with Crippen LogP contribution < -0.4 is 19.1 Å². The third-order valence-electron chi connectivity index (χ3n) is 8.09. The van der Waals surface area contributed by atoms with E-state index in [9.17, 15) is 0 Å². The molecule has 0 fully saturated rings. The summed E-state index contributed by atoms with van der Waals surface area (Å²) in [6, 6.07) is 8.59. The molecule has 2 aromatic rings. The van der Waals surface area contributed by atoms with Crippen LogP contribution in [0, 0.1) is 5.41 Å². The van der Waals surface area contributed by atoms with Crippen molar-refractivity contribution in [1.82, 2.24) is 0 Å². The third-order valence-corrected chi connectivity index (χ3v) is 9.12. The largest absolute Gasteiger partial charge is 0.496 e. The minimum atomic E-state index is -0.196. The molecule has 1 aliphatic rings. The van der Waals surface area contributed by atoms with Crippen LogP contribution in [0.3, 0.4) is 0 Å². The van der Waals surface area contributed by atoms with E-state index in [0.717, 1.165) is 57.3 Å². The number of allylic oxidation sites excluding steroid dienone is 1. The molecule has 0 atom stereocenters. The summed E-state index contributed by atoms with van der Waals surface area (Å²) in [6.07, 6.45) is 17.7. The highest BCUT2D eigenvalue weighted by Crippen LogP contribution is 2.40. The lowest BCUT2D eigenvalue weighted by atomic mass is 9.95. The average molecular weight is 624 g/mol. The van der Waals surface area contributed by atoms with E-state index in [0.29, 0.717) is 0 Å². The van der Waals surface area contributed by atoms with Crippen LogP contribution in [-0.2, 0) is 0 Å². The van der Waals surface area contributed by atoms with E-state index in [1.165, 1.54) is 94.1 Å². The molecule has 0 bridgehead atoms. The monoisotopic (exact) mass is 623 g/mol. The van der Waals surface area contributed by atoms with Gasteiger partial charge in [-0.05, 0) is 37.1 Å². The molecule has 7 heteroatoms. The molecular weight excluding hydrogens is 566 g/mol. The standard InChI is InChI=1S/C37H57N3O3S/c1-9-11-13-15-17-19-23-40(24-20-18-16-14-12-10-2)28-21-22-32(41-6)30(25-28)34-31(38-36(39-34)37(3,4)5)26-29-27-33(42-7)35(43-8)44-29/h21-22,25-27H,9-20,23-24H2,1-8H3/b31-26-. The van der Waals surface area contributed by atoms with Gasteiger partial charge in [0.1, 0.15) is 17.3 Å². The highest BCUT2D eigenvalue weighted by molar-refractivity contribution is 7.15. The predicted molar refractivity (Wildman–Crippen MR) is 191 cm³/mol. The van der Waals surface area contributed by atoms with Gasteiger partial charge < -0.3 is 19.1 Å². The first-order valence-electron chi connectivity index (χ1n) is 16.8. The SMILES string of the molecule is CCCCCCCCN(CCCCCCCC)c1ccc(OC)c(C2=NC(C(C)(C)C)=N/C2=C\c2cc(OC)c(OC)s2)c1. The maximum atomic E-state index is 5.93. The topological polar surface area (TPSA) is 55.7 Å². The fourth-order valence-corrected chi connectivity index (χ4v) is 6.35. The van der Waals surface area contributed by atoms with Crippen molar-refractivity contribution in [3.8, 4) is 16.6 Å². The molecule has 1 aromatic carbocycles. The molecule has 44 heavy (non-hydrogen) atoms. The first-order valence-corrected chi connectivity index (χ1v) is 17.6. The summed E-state index contributed by atoms with van der Waals surface area (Å²) < 4.78 is 17.0. The Morgan fingerprint density at radius 3 is 1.84 bits per heavy atom. The van der Waals surface area contributed by atoms with Crippen molar-refractivity contribution in [2.75, 3.05) is 39.3 Å². The zero-order chi connectivity index (χ0) is 32.0. The molecule has 0 spiro atoms. The zero-order valence-corrected chi connectivity index (χ0v) is 29.6. The van der Waals surface area contributed by atoms with Crippen molar-refractivity contribution in [3.05, 3.63) is 40.4 Å². The zero-order valence-electron chi connectivity index (χ0n) is 28.8. The Morgan fingerprint density at radius 2 is 1.32 bits per heavy atom. The van der Waals surface area contributed by atoms with Gasteiger partial charge in [0.05, 0.1) is 27.0 Å². The van der Waals surface area contributed by atoms with E-state index < -0.39 is 0 Å². The van der Waals surface area contributed by atoms with E-state index in [4.69, 9.17) is 24.2 Å². The molecule has 0 radical (unpaired) electrons. The molecule has 0 saturated carbocycles. The van der Waals surface area contributed by atoms with Gasteiger partial charge in [-0.15, -0.1) is 0 Å². The lowest BCUT2D eigenvalue weighted by molar-refractivity contribution is 0.364. The number of methoxy groups -OCH3 is 3. The Hall–Kier alpha value is -2.80. The minimum absolute atomic E-state index is 0.196. The average Bonchev–Trinajstić information content (AvgIpc) is 3.63. The summed E-state index contributed by atoms with van der Waals surface area (Å²) >= 11 is 1.54.